The molecule has 156 valence electrons. The molecule has 7 nitrogen and oxygen atoms in total. The van der Waals surface area contributed by atoms with Gasteiger partial charge in [-0.15, -0.1) is 10.2 Å². The Bertz CT molecular complexity index is 1390. The van der Waals surface area contributed by atoms with Crippen LogP contribution in [0.1, 0.15) is 30.8 Å². The van der Waals surface area contributed by atoms with Crippen molar-refractivity contribution in [1.29, 1.82) is 5.26 Å². The molecule has 0 N–H and O–H groups in total. The molecule has 1 aliphatic rings. The van der Waals surface area contributed by atoms with Gasteiger partial charge < -0.3 is 9.31 Å². The summed E-state index contributed by atoms with van der Waals surface area (Å²) in [6, 6.07) is 21.3. The van der Waals surface area contributed by atoms with Crippen LogP contribution in [0.15, 0.2) is 73.0 Å². The molecule has 8 heteroatoms. The SMILES string of the molecule is C=C1OB(c2cccc(Cc3nnc4ccc(-c5cccc(C#N)c5)nn34)c2)OC1(C)C. The van der Waals surface area contributed by atoms with Crippen LogP contribution in [0.3, 0.4) is 0 Å². The number of hydrogen-bond acceptors (Lipinski definition) is 6. The van der Waals surface area contributed by atoms with Gasteiger partial charge in [-0.05, 0) is 49.1 Å². The minimum atomic E-state index is -0.521. The highest BCUT2D eigenvalue weighted by molar-refractivity contribution is 6.62. The Morgan fingerprint density at radius 1 is 1.09 bits per heavy atom. The Hall–Kier alpha value is -3.96. The lowest BCUT2D eigenvalue weighted by Gasteiger charge is -2.15. The summed E-state index contributed by atoms with van der Waals surface area (Å²) in [7, 11) is -0.482. The molecule has 0 radical (unpaired) electrons. The van der Waals surface area contributed by atoms with Gasteiger partial charge in [0.05, 0.1) is 23.1 Å². The second kappa shape index (κ2) is 7.63. The normalized spacial score (nSPS) is 15.0. The highest BCUT2D eigenvalue weighted by Crippen LogP contribution is 2.29. The van der Waals surface area contributed by atoms with Gasteiger partial charge in [0.15, 0.2) is 11.5 Å². The standard InChI is InChI=1S/C24H20BN5O2/c1-16-24(2,3)32-25(31-16)20-9-5-6-17(13-20)14-23-28-27-22-11-10-21(29-30(22)23)19-8-4-7-18(12-19)15-26/h4-13H,1,14H2,2-3H3. The first-order chi connectivity index (χ1) is 15.4. The molecular weight excluding hydrogens is 401 g/mol. The molecule has 2 aromatic heterocycles. The van der Waals surface area contributed by atoms with Crippen LogP contribution in [0, 0.1) is 11.3 Å². The zero-order chi connectivity index (χ0) is 22.3. The molecule has 2 aromatic carbocycles. The molecule has 0 unspecified atom stereocenters. The van der Waals surface area contributed by atoms with E-state index in [0.717, 1.165) is 22.3 Å². The lowest BCUT2D eigenvalue weighted by molar-refractivity contribution is 0.173. The maximum Gasteiger partial charge on any atom is 0.563 e. The first-order valence-electron chi connectivity index (χ1n) is 10.3. The van der Waals surface area contributed by atoms with Crippen LogP contribution < -0.4 is 5.46 Å². The second-order valence-corrected chi connectivity index (χ2v) is 8.22. The molecule has 1 aliphatic heterocycles. The zero-order valence-electron chi connectivity index (χ0n) is 17.8. The van der Waals surface area contributed by atoms with Gasteiger partial charge in [0, 0.05) is 12.0 Å². The maximum atomic E-state index is 9.18. The summed E-state index contributed by atoms with van der Waals surface area (Å²) in [6.45, 7) is 7.83. The predicted octanol–water partition coefficient (Wildman–Crippen LogP) is 3.29. The van der Waals surface area contributed by atoms with Crippen molar-refractivity contribution in [2.45, 2.75) is 25.9 Å². The molecule has 0 saturated carbocycles. The molecule has 0 bridgehead atoms. The number of nitrogens with zero attached hydrogens (tertiary/aromatic N) is 5. The van der Waals surface area contributed by atoms with Crippen LogP contribution >= 0.6 is 0 Å². The summed E-state index contributed by atoms with van der Waals surface area (Å²) in [5.74, 6) is 1.34. The van der Waals surface area contributed by atoms with Crippen molar-refractivity contribution in [2.75, 3.05) is 0 Å². The van der Waals surface area contributed by atoms with Gasteiger partial charge in [-0.2, -0.15) is 14.9 Å². The number of aromatic nitrogens is 4. The Morgan fingerprint density at radius 2 is 1.94 bits per heavy atom. The fraction of sp³-hybridized carbons (Fsp3) is 0.167. The van der Waals surface area contributed by atoms with Crippen molar-refractivity contribution < 1.29 is 9.31 Å². The molecule has 0 amide bonds. The topological polar surface area (TPSA) is 85.3 Å². The van der Waals surface area contributed by atoms with Crippen LogP contribution in [-0.4, -0.2) is 32.5 Å². The van der Waals surface area contributed by atoms with Gasteiger partial charge in [-0.3, -0.25) is 0 Å². The third-order valence-corrected chi connectivity index (χ3v) is 5.52. The zero-order valence-corrected chi connectivity index (χ0v) is 17.8. The minimum Gasteiger partial charge on any atom is -0.534 e. The fourth-order valence-corrected chi connectivity index (χ4v) is 3.64. The van der Waals surface area contributed by atoms with Crippen molar-refractivity contribution in [3.05, 3.63) is 90.0 Å². The third kappa shape index (κ3) is 3.63. The van der Waals surface area contributed by atoms with E-state index in [2.05, 4.69) is 22.8 Å². The number of benzene rings is 2. The second-order valence-electron chi connectivity index (χ2n) is 8.22. The van der Waals surface area contributed by atoms with Crippen molar-refractivity contribution in [3.63, 3.8) is 0 Å². The smallest absolute Gasteiger partial charge is 0.534 e. The first kappa shape index (κ1) is 20.0. The molecule has 3 heterocycles. The average molecular weight is 421 g/mol. The van der Waals surface area contributed by atoms with Crippen LogP contribution in [0.25, 0.3) is 16.9 Å². The molecule has 0 aliphatic carbocycles. The van der Waals surface area contributed by atoms with E-state index in [1.807, 2.05) is 68.4 Å². The molecule has 1 fully saturated rings. The summed E-state index contributed by atoms with van der Waals surface area (Å²) in [6.07, 6.45) is 0.542. The number of hydrogen-bond donors (Lipinski definition) is 0. The largest absolute Gasteiger partial charge is 0.563 e. The van der Waals surface area contributed by atoms with Crippen molar-refractivity contribution >= 4 is 18.2 Å². The quantitative estimate of drug-likeness (QED) is 0.470. The number of fused-ring (bicyclic) bond motifs is 1. The van der Waals surface area contributed by atoms with E-state index in [4.69, 9.17) is 14.4 Å². The molecule has 4 aromatic rings. The lowest BCUT2D eigenvalue weighted by atomic mass is 9.78. The minimum absolute atomic E-state index is 0.482. The molecular formula is C24H20BN5O2. The van der Waals surface area contributed by atoms with Crippen molar-refractivity contribution in [2.24, 2.45) is 0 Å². The summed E-state index contributed by atoms with van der Waals surface area (Å²) in [5, 5.41) is 22.5. The fourth-order valence-electron chi connectivity index (χ4n) is 3.64. The predicted molar refractivity (Wildman–Crippen MR) is 121 cm³/mol. The van der Waals surface area contributed by atoms with E-state index in [1.54, 1.807) is 10.6 Å². The summed E-state index contributed by atoms with van der Waals surface area (Å²) >= 11 is 0. The lowest BCUT2D eigenvalue weighted by Crippen LogP contribution is -2.34. The van der Waals surface area contributed by atoms with Crippen LogP contribution in [0.5, 0.6) is 0 Å². The third-order valence-electron chi connectivity index (χ3n) is 5.52. The maximum absolute atomic E-state index is 9.18. The molecule has 1 saturated heterocycles. The highest BCUT2D eigenvalue weighted by atomic mass is 16.7. The van der Waals surface area contributed by atoms with Gasteiger partial charge in [-0.25, -0.2) is 0 Å². The Labute approximate surface area is 186 Å². The number of nitriles is 1. The van der Waals surface area contributed by atoms with Crippen molar-refractivity contribution in [3.8, 4) is 17.3 Å². The van der Waals surface area contributed by atoms with E-state index < -0.39 is 12.7 Å². The van der Waals surface area contributed by atoms with Crippen LogP contribution in [0.2, 0.25) is 0 Å². The Morgan fingerprint density at radius 3 is 2.72 bits per heavy atom. The van der Waals surface area contributed by atoms with Gasteiger partial charge in [0.25, 0.3) is 0 Å². The highest BCUT2D eigenvalue weighted by Gasteiger charge is 2.42. The monoisotopic (exact) mass is 421 g/mol. The van der Waals surface area contributed by atoms with E-state index in [-0.39, 0.29) is 0 Å². The average Bonchev–Trinajstić information content (AvgIpc) is 3.33. The van der Waals surface area contributed by atoms with E-state index in [0.29, 0.717) is 29.2 Å². The molecule has 0 atom stereocenters. The number of rotatable bonds is 4. The molecule has 32 heavy (non-hydrogen) atoms. The Kier molecular flexibility index (Phi) is 4.76. The summed E-state index contributed by atoms with van der Waals surface area (Å²) in [5.41, 5.74) is 4.31. The van der Waals surface area contributed by atoms with Crippen LogP contribution in [-0.2, 0) is 15.7 Å². The Balaban J connectivity index is 1.45. The first-order valence-corrected chi connectivity index (χ1v) is 10.3. The van der Waals surface area contributed by atoms with Gasteiger partial charge in [0.2, 0.25) is 0 Å². The molecule has 5 rings (SSSR count). The van der Waals surface area contributed by atoms with Gasteiger partial charge in [-0.1, -0.05) is 43.0 Å². The van der Waals surface area contributed by atoms with Crippen LogP contribution in [0.4, 0.5) is 0 Å². The molecule has 0 spiro atoms. The van der Waals surface area contributed by atoms with E-state index >= 15 is 0 Å². The van der Waals surface area contributed by atoms with Gasteiger partial charge in [0.1, 0.15) is 5.60 Å². The van der Waals surface area contributed by atoms with Gasteiger partial charge >= 0.3 is 7.12 Å². The van der Waals surface area contributed by atoms with E-state index in [1.165, 1.54) is 0 Å². The van der Waals surface area contributed by atoms with Crippen molar-refractivity contribution in [1.82, 2.24) is 19.8 Å². The summed E-state index contributed by atoms with van der Waals surface area (Å²) in [4.78, 5) is 0. The van der Waals surface area contributed by atoms with E-state index in [9.17, 15) is 5.26 Å². The summed E-state index contributed by atoms with van der Waals surface area (Å²) < 4.78 is 13.6.